The Balaban J connectivity index is 1.61. The van der Waals surface area contributed by atoms with Crippen molar-refractivity contribution in [1.82, 2.24) is 5.32 Å². The molecule has 2 N–H and O–H groups in total. The Morgan fingerprint density at radius 2 is 2.18 bits per heavy atom. The number of para-hydroxylation sites is 2. The molecule has 1 aromatic rings. The summed E-state index contributed by atoms with van der Waals surface area (Å²) in [6.45, 7) is 2.08. The van der Waals surface area contributed by atoms with Crippen molar-refractivity contribution in [1.29, 1.82) is 0 Å². The Labute approximate surface area is 128 Å². The standard InChI is InChI=1S/C15H19N3O4/c19-14(16-10-11-4-3-8-21-11)17-12-5-1-2-6-13(12)18-7-9-22-15(18)20/h1-2,5-6,11H,3-4,7-10H2,(H2,16,17,19). The summed E-state index contributed by atoms with van der Waals surface area (Å²) in [6, 6.07) is 6.85. The highest BCUT2D eigenvalue weighted by atomic mass is 16.6. The van der Waals surface area contributed by atoms with Crippen LogP contribution in [0.3, 0.4) is 0 Å². The minimum Gasteiger partial charge on any atom is -0.447 e. The van der Waals surface area contributed by atoms with Crippen LogP contribution in [-0.2, 0) is 9.47 Å². The summed E-state index contributed by atoms with van der Waals surface area (Å²) in [7, 11) is 0. The lowest BCUT2D eigenvalue weighted by Gasteiger charge is -2.18. The predicted octanol–water partition coefficient (Wildman–Crippen LogP) is 1.94. The van der Waals surface area contributed by atoms with Crippen molar-refractivity contribution in [3.8, 4) is 0 Å². The minimum atomic E-state index is -0.394. The number of ether oxygens (including phenoxy) is 2. The number of urea groups is 1. The summed E-state index contributed by atoms with van der Waals surface area (Å²) in [4.78, 5) is 25.2. The first-order valence-corrected chi connectivity index (χ1v) is 7.44. The Morgan fingerprint density at radius 3 is 2.91 bits per heavy atom. The van der Waals surface area contributed by atoms with Gasteiger partial charge >= 0.3 is 12.1 Å². The lowest BCUT2D eigenvalue weighted by molar-refractivity contribution is 0.112. The van der Waals surface area contributed by atoms with E-state index in [9.17, 15) is 9.59 Å². The molecule has 7 heteroatoms. The second-order valence-electron chi connectivity index (χ2n) is 5.25. The van der Waals surface area contributed by atoms with Crippen molar-refractivity contribution in [2.75, 3.05) is 36.5 Å². The lowest BCUT2D eigenvalue weighted by Crippen LogP contribution is -2.35. The smallest absolute Gasteiger partial charge is 0.414 e. The number of benzene rings is 1. The van der Waals surface area contributed by atoms with Gasteiger partial charge in [0, 0.05) is 13.2 Å². The van der Waals surface area contributed by atoms with Gasteiger partial charge in [-0.15, -0.1) is 0 Å². The Kier molecular flexibility index (Phi) is 4.43. The van der Waals surface area contributed by atoms with Crippen LogP contribution in [0.25, 0.3) is 0 Å². The fourth-order valence-corrected chi connectivity index (χ4v) is 2.61. The number of hydrogen-bond donors (Lipinski definition) is 2. The summed E-state index contributed by atoms with van der Waals surface area (Å²) in [5.41, 5.74) is 1.21. The summed E-state index contributed by atoms with van der Waals surface area (Å²) in [6.07, 6.45) is 1.70. The van der Waals surface area contributed by atoms with Crippen molar-refractivity contribution >= 4 is 23.5 Å². The van der Waals surface area contributed by atoms with E-state index in [4.69, 9.17) is 9.47 Å². The molecule has 0 bridgehead atoms. The van der Waals surface area contributed by atoms with Gasteiger partial charge in [0.05, 0.1) is 24.0 Å². The molecule has 2 saturated heterocycles. The predicted molar refractivity (Wildman–Crippen MR) is 81.1 cm³/mol. The summed E-state index contributed by atoms with van der Waals surface area (Å²) in [5, 5.41) is 5.57. The van der Waals surface area contributed by atoms with Crippen molar-refractivity contribution < 1.29 is 19.1 Å². The maximum Gasteiger partial charge on any atom is 0.414 e. The molecule has 1 unspecified atom stereocenters. The zero-order chi connectivity index (χ0) is 15.4. The highest BCUT2D eigenvalue weighted by molar-refractivity contribution is 5.98. The number of nitrogens with zero attached hydrogens (tertiary/aromatic N) is 1. The Bertz CT molecular complexity index is 557. The molecule has 0 saturated carbocycles. The van der Waals surface area contributed by atoms with Crippen molar-refractivity contribution in [2.45, 2.75) is 18.9 Å². The van der Waals surface area contributed by atoms with Crippen LogP contribution < -0.4 is 15.5 Å². The Hall–Kier alpha value is -2.28. The third-order valence-electron chi connectivity index (χ3n) is 3.72. The Morgan fingerprint density at radius 1 is 1.32 bits per heavy atom. The van der Waals surface area contributed by atoms with E-state index in [1.54, 1.807) is 18.2 Å². The topological polar surface area (TPSA) is 79.9 Å². The number of nitrogens with one attached hydrogen (secondary N) is 2. The summed E-state index contributed by atoms with van der Waals surface area (Å²) in [5.74, 6) is 0. The first kappa shape index (κ1) is 14.6. The number of carbonyl (C=O) groups excluding carboxylic acids is 2. The molecule has 1 aromatic carbocycles. The molecule has 7 nitrogen and oxygen atoms in total. The zero-order valence-corrected chi connectivity index (χ0v) is 12.2. The molecule has 3 rings (SSSR count). The number of carbonyl (C=O) groups is 2. The zero-order valence-electron chi connectivity index (χ0n) is 12.2. The van der Waals surface area contributed by atoms with Gasteiger partial charge in [-0.05, 0) is 25.0 Å². The monoisotopic (exact) mass is 305 g/mol. The van der Waals surface area contributed by atoms with Gasteiger partial charge < -0.3 is 20.1 Å². The van der Waals surface area contributed by atoms with Crippen molar-refractivity contribution in [2.24, 2.45) is 0 Å². The van der Waals surface area contributed by atoms with Crippen LogP contribution in [0, 0.1) is 0 Å². The van der Waals surface area contributed by atoms with Gasteiger partial charge in [-0.2, -0.15) is 0 Å². The molecular formula is C15H19N3O4. The number of anilines is 2. The molecule has 0 aromatic heterocycles. The molecule has 0 radical (unpaired) electrons. The molecule has 1 atom stereocenters. The van der Waals surface area contributed by atoms with Crippen LogP contribution in [0.15, 0.2) is 24.3 Å². The number of rotatable bonds is 4. The van der Waals surface area contributed by atoms with Crippen LogP contribution in [0.5, 0.6) is 0 Å². The van der Waals surface area contributed by atoms with E-state index in [0.717, 1.165) is 19.4 Å². The summed E-state index contributed by atoms with van der Waals surface area (Å²) < 4.78 is 10.4. The normalized spacial score (nSPS) is 20.8. The van der Waals surface area contributed by atoms with Gasteiger partial charge in [0.2, 0.25) is 0 Å². The first-order chi connectivity index (χ1) is 10.7. The molecule has 2 heterocycles. The second kappa shape index (κ2) is 6.65. The highest BCUT2D eigenvalue weighted by Crippen LogP contribution is 2.27. The largest absolute Gasteiger partial charge is 0.447 e. The average Bonchev–Trinajstić information content (AvgIpc) is 3.17. The molecule has 2 aliphatic rings. The fraction of sp³-hybridized carbons (Fsp3) is 0.467. The van der Waals surface area contributed by atoms with E-state index >= 15 is 0 Å². The van der Waals surface area contributed by atoms with Crippen LogP contribution in [0.1, 0.15) is 12.8 Å². The highest BCUT2D eigenvalue weighted by Gasteiger charge is 2.26. The van der Waals surface area contributed by atoms with Gasteiger partial charge in [-0.3, -0.25) is 4.90 Å². The van der Waals surface area contributed by atoms with Gasteiger partial charge in [0.25, 0.3) is 0 Å². The van der Waals surface area contributed by atoms with Gasteiger partial charge in [0.15, 0.2) is 0 Å². The second-order valence-corrected chi connectivity index (χ2v) is 5.25. The quantitative estimate of drug-likeness (QED) is 0.891. The molecule has 2 aliphatic heterocycles. The minimum absolute atomic E-state index is 0.0922. The third-order valence-corrected chi connectivity index (χ3v) is 3.72. The molecular weight excluding hydrogens is 286 g/mol. The van der Waals surface area contributed by atoms with Gasteiger partial charge in [-0.1, -0.05) is 12.1 Å². The molecule has 0 aliphatic carbocycles. The molecule has 22 heavy (non-hydrogen) atoms. The van der Waals surface area contributed by atoms with E-state index in [2.05, 4.69) is 10.6 Å². The van der Waals surface area contributed by atoms with E-state index < -0.39 is 6.09 Å². The van der Waals surface area contributed by atoms with E-state index in [1.807, 2.05) is 6.07 Å². The van der Waals surface area contributed by atoms with Crippen molar-refractivity contribution in [3.05, 3.63) is 24.3 Å². The number of cyclic esters (lactones) is 1. The molecule has 0 spiro atoms. The maximum atomic E-state index is 12.0. The van der Waals surface area contributed by atoms with Crippen molar-refractivity contribution in [3.63, 3.8) is 0 Å². The number of hydrogen-bond acceptors (Lipinski definition) is 4. The van der Waals surface area contributed by atoms with E-state index in [0.29, 0.717) is 31.1 Å². The van der Waals surface area contributed by atoms with Crippen LogP contribution in [0.4, 0.5) is 21.0 Å². The SMILES string of the molecule is O=C(NCC1CCCO1)Nc1ccccc1N1CCOC1=O. The summed E-state index contributed by atoms with van der Waals surface area (Å²) >= 11 is 0. The van der Waals surface area contributed by atoms with E-state index in [-0.39, 0.29) is 12.1 Å². The van der Waals surface area contributed by atoms with Crippen LogP contribution in [-0.4, -0.2) is 44.5 Å². The average molecular weight is 305 g/mol. The lowest BCUT2D eigenvalue weighted by atomic mass is 10.2. The van der Waals surface area contributed by atoms with Gasteiger partial charge in [0.1, 0.15) is 6.61 Å². The third kappa shape index (κ3) is 3.30. The van der Waals surface area contributed by atoms with Gasteiger partial charge in [-0.25, -0.2) is 9.59 Å². The number of amides is 3. The van der Waals surface area contributed by atoms with E-state index in [1.165, 1.54) is 4.90 Å². The molecule has 3 amide bonds. The first-order valence-electron chi connectivity index (χ1n) is 7.44. The maximum absolute atomic E-state index is 12.0. The van der Waals surface area contributed by atoms with Crippen LogP contribution in [0.2, 0.25) is 0 Å². The molecule has 118 valence electrons. The fourth-order valence-electron chi connectivity index (χ4n) is 2.61. The van der Waals surface area contributed by atoms with Crippen LogP contribution >= 0.6 is 0 Å². The molecule has 2 fully saturated rings.